The number of aryl methyl sites for hydroxylation is 1. The Kier molecular flexibility index (Phi) is 4.90. The summed E-state index contributed by atoms with van der Waals surface area (Å²) in [7, 11) is 0. The van der Waals surface area contributed by atoms with Crippen molar-refractivity contribution in [1.82, 2.24) is 19.9 Å². The summed E-state index contributed by atoms with van der Waals surface area (Å²) in [5.41, 5.74) is 2.17. The van der Waals surface area contributed by atoms with E-state index in [1.54, 1.807) is 6.33 Å². The molecule has 0 spiro atoms. The van der Waals surface area contributed by atoms with Gasteiger partial charge < -0.3 is 15.0 Å². The van der Waals surface area contributed by atoms with Crippen molar-refractivity contribution in [3.63, 3.8) is 0 Å². The molecule has 2 N–H and O–H groups in total. The van der Waals surface area contributed by atoms with Crippen LogP contribution in [-0.2, 0) is 11.2 Å². The van der Waals surface area contributed by atoms with E-state index >= 15 is 0 Å². The van der Waals surface area contributed by atoms with E-state index in [0.29, 0.717) is 6.10 Å². The first-order valence-electron chi connectivity index (χ1n) is 8.20. The number of H-pyrrole nitrogens is 1. The van der Waals surface area contributed by atoms with Gasteiger partial charge in [0.1, 0.15) is 17.8 Å². The molecule has 3 rings (SSSR count). The molecule has 0 saturated carbocycles. The quantitative estimate of drug-likeness (QED) is 0.855. The Balaban J connectivity index is 1.61. The molecule has 1 saturated heterocycles. The van der Waals surface area contributed by atoms with Gasteiger partial charge in [-0.15, -0.1) is 0 Å². The minimum Gasteiger partial charge on any atom is -0.376 e. The Morgan fingerprint density at radius 2 is 2.32 bits per heavy atom. The number of hydrogen-bond acceptors (Lipinski definition) is 5. The van der Waals surface area contributed by atoms with Crippen LogP contribution in [-0.4, -0.2) is 58.7 Å². The van der Waals surface area contributed by atoms with Crippen LogP contribution < -0.4 is 5.32 Å². The highest BCUT2D eigenvalue weighted by molar-refractivity contribution is 5.90. The number of aromatic nitrogens is 3. The van der Waals surface area contributed by atoms with Gasteiger partial charge in [0, 0.05) is 32.4 Å². The number of morpholine rings is 1. The van der Waals surface area contributed by atoms with Crippen LogP contribution in [0.5, 0.6) is 0 Å². The van der Waals surface area contributed by atoms with E-state index in [1.165, 1.54) is 5.56 Å². The van der Waals surface area contributed by atoms with Gasteiger partial charge in [-0.25, -0.2) is 9.97 Å². The lowest BCUT2D eigenvalue weighted by molar-refractivity contribution is -0.0282. The Morgan fingerprint density at radius 1 is 1.41 bits per heavy atom. The Bertz CT molecular complexity index is 612. The van der Waals surface area contributed by atoms with Crippen LogP contribution in [0, 0.1) is 0 Å². The fraction of sp³-hybridized carbons (Fsp3) is 0.625. The third-order valence-electron chi connectivity index (χ3n) is 4.33. The van der Waals surface area contributed by atoms with Crippen molar-refractivity contribution < 1.29 is 4.74 Å². The lowest BCUT2D eigenvalue weighted by Gasteiger charge is -2.32. The smallest absolute Gasteiger partial charge is 0.143 e. The molecule has 2 aromatic heterocycles. The maximum Gasteiger partial charge on any atom is 0.143 e. The molecule has 6 nitrogen and oxygen atoms in total. The standard InChI is InChI=1S/C16H25N5O/c1-3-12-9-18-16-14(12)15(19-11-20-16)17-5-6-21-7-8-22-13(4-2)10-21/h9,11,13H,3-8,10H2,1-2H3,(H2,17,18,19,20). The van der Waals surface area contributed by atoms with E-state index in [2.05, 4.69) is 39.0 Å². The number of anilines is 1. The zero-order valence-corrected chi connectivity index (χ0v) is 13.4. The molecule has 1 aliphatic heterocycles. The van der Waals surface area contributed by atoms with Gasteiger partial charge in [0.2, 0.25) is 0 Å². The number of nitrogens with one attached hydrogen (secondary N) is 2. The molecule has 0 aromatic carbocycles. The second-order valence-corrected chi connectivity index (χ2v) is 5.74. The van der Waals surface area contributed by atoms with Gasteiger partial charge in [-0.2, -0.15) is 0 Å². The first-order valence-corrected chi connectivity index (χ1v) is 8.20. The van der Waals surface area contributed by atoms with Crippen LogP contribution in [0.25, 0.3) is 11.0 Å². The number of rotatable bonds is 6. The molecule has 0 amide bonds. The highest BCUT2D eigenvalue weighted by atomic mass is 16.5. The molecule has 1 fully saturated rings. The average molecular weight is 303 g/mol. The third-order valence-corrected chi connectivity index (χ3v) is 4.33. The van der Waals surface area contributed by atoms with Crippen LogP contribution in [0.15, 0.2) is 12.5 Å². The van der Waals surface area contributed by atoms with Gasteiger partial charge >= 0.3 is 0 Å². The number of nitrogens with zero attached hydrogens (tertiary/aromatic N) is 3. The van der Waals surface area contributed by atoms with Gasteiger partial charge in [0.05, 0.1) is 18.1 Å². The van der Waals surface area contributed by atoms with E-state index in [9.17, 15) is 0 Å². The van der Waals surface area contributed by atoms with Gasteiger partial charge in [0.15, 0.2) is 0 Å². The van der Waals surface area contributed by atoms with E-state index < -0.39 is 0 Å². The predicted molar refractivity (Wildman–Crippen MR) is 88.2 cm³/mol. The lowest BCUT2D eigenvalue weighted by Crippen LogP contribution is -2.44. The largest absolute Gasteiger partial charge is 0.376 e. The lowest BCUT2D eigenvalue weighted by atomic mass is 10.2. The summed E-state index contributed by atoms with van der Waals surface area (Å²) in [5, 5.41) is 4.60. The van der Waals surface area contributed by atoms with Crippen molar-refractivity contribution in [2.75, 3.05) is 38.1 Å². The summed E-state index contributed by atoms with van der Waals surface area (Å²) in [6.07, 6.45) is 6.08. The molecular formula is C16H25N5O. The molecule has 2 aromatic rings. The van der Waals surface area contributed by atoms with Crippen LogP contribution in [0.4, 0.5) is 5.82 Å². The highest BCUT2D eigenvalue weighted by Crippen LogP contribution is 2.23. The second kappa shape index (κ2) is 7.07. The first kappa shape index (κ1) is 15.2. The molecule has 1 aliphatic rings. The van der Waals surface area contributed by atoms with E-state index in [0.717, 1.165) is 62.5 Å². The average Bonchev–Trinajstić information content (AvgIpc) is 2.99. The minimum absolute atomic E-state index is 0.385. The maximum absolute atomic E-state index is 5.71. The zero-order chi connectivity index (χ0) is 15.4. The maximum atomic E-state index is 5.71. The van der Waals surface area contributed by atoms with Crippen LogP contribution in [0.3, 0.4) is 0 Å². The van der Waals surface area contributed by atoms with Crippen molar-refractivity contribution in [3.8, 4) is 0 Å². The van der Waals surface area contributed by atoms with Crippen LogP contribution in [0.1, 0.15) is 25.8 Å². The number of aromatic amines is 1. The summed E-state index contributed by atoms with van der Waals surface area (Å²) in [4.78, 5) is 14.4. The molecule has 3 heterocycles. The zero-order valence-electron chi connectivity index (χ0n) is 13.4. The number of hydrogen-bond donors (Lipinski definition) is 2. The van der Waals surface area contributed by atoms with Crippen molar-refractivity contribution in [2.24, 2.45) is 0 Å². The molecule has 0 aliphatic carbocycles. The van der Waals surface area contributed by atoms with Crippen molar-refractivity contribution in [3.05, 3.63) is 18.1 Å². The van der Waals surface area contributed by atoms with Crippen molar-refractivity contribution >= 4 is 16.9 Å². The molecule has 1 atom stereocenters. The molecule has 0 bridgehead atoms. The number of fused-ring (bicyclic) bond motifs is 1. The minimum atomic E-state index is 0.385. The summed E-state index contributed by atoms with van der Waals surface area (Å²) in [6.45, 7) is 9.12. The van der Waals surface area contributed by atoms with Gasteiger partial charge in [-0.3, -0.25) is 4.90 Å². The van der Waals surface area contributed by atoms with Gasteiger partial charge in [-0.05, 0) is 18.4 Å². The SMILES string of the molecule is CCc1c[nH]c2ncnc(NCCN3CCOC(CC)C3)c12. The van der Waals surface area contributed by atoms with E-state index in [-0.39, 0.29) is 0 Å². The Hall–Kier alpha value is -1.66. The topological polar surface area (TPSA) is 66.1 Å². The van der Waals surface area contributed by atoms with Crippen LogP contribution >= 0.6 is 0 Å². The fourth-order valence-electron chi connectivity index (χ4n) is 3.00. The van der Waals surface area contributed by atoms with E-state index in [4.69, 9.17) is 4.74 Å². The Labute approximate surface area is 131 Å². The van der Waals surface area contributed by atoms with Crippen molar-refractivity contribution in [2.45, 2.75) is 32.8 Å². The monoisotopic (exact) mass is 303 g/mol. The summed E-state index contributed by atoms with van der Waals surface area (Å²) in [5.74, 6) is 0.934. The first-order chi connectivity index (χ1) is 10.8. The van der Waals surface area contributed by atoms with Crippen molar-refractivity contribution in [1.29, 1.82) is 0 Å². The predicted octanol–water partition coefficient (Wildman–Crippen LogP) is 2.04. The molecule has 22 heavy (non-hydrogen) atoms. The Morgan fingerprint density at radius 3 is 3.14 bits per heavy atom. The molecular weight excluding hydrogens is 278 g/mol. The molecule has 6 heteroatoms. The highest BCUT2D eigenvalue weighted by Gasteiger charge is 2.18. The fourth-order valence-corrected chi connectivity index (χ4v) is 3.00. The van der Waals surface area contributed by atoms with Gasteiger partial charge in [-0.1, -0.05) is 13.8 Å². The van der Waals surface area contributed by atoms with Gasteiger partial charge in [0.25, 0.3) is 0 Å². The summed E-state index contributed by atoms with van der Waals surface area (Å²) >= 11 is 0. The van der Waals surface area contributed by atoms with Crippen LogP contribution in [0.2, 0.25) is 0 Å². The molecule has 120 valence electrons. The summed E-state index contributed by atoms with van der Waals surface area (Å²) < 4.78 is 5.71. The third kappa shape index (κ3) is 3.23. The molecule has 1 unspecified atom stereocenters. The number of ether oxygens (including phenoxy) is 1. The summed E-state index contributed by atoms with van der Waals surface area (Å²) in [6, 6.07) is 0. The normalized spacial score (nSPS) is 19.6. The molecule has 0 radical (unpaired) electrons. The van der Waals surface area contributed by atoms with E-state index in [1.807, 2.05) is 6.20 Å². The second-order valence-electron chi connectivity index (χ2n) is 5.74.